The van der Waals surface area contributed by atoms with Crippen molar-refractivity contribution >= 4 is 5.71 Å². The highest BCUT2D eigenvalue weighted by Gasteiger charge is 2.09. The molecule has 0 saturated carbocycles. The van der Waals surface area contributed by atoms with Gasteiger partial charge in [-0.2, -0.15) is 0 Å². The Morgan fingerprint density at radius 2 is 2.10 bits per heavy atom. The Bertz CT molecular complexity index is 654. The van der Waals surface area contributed by atoms with E-state index in [1.165, 1.54) is 0 Å². The first kappa shape index (κ1) is 14.8. The Hall–Kier alpha value is -2.56. The van der Waals surface area contributed by atoms with Gasteiger partial charge >= 0.3 is 0 Å². The molecule has 0 fully saturated rings. The number of hydrogen-bond donors (Lipinski definition) is 1. The van der Waals surface area contributed by atoms with E-state index >= 15 is 0 Å². The highest BCUT2D eigenvalue weighted by molar-refractivity contribution is 6.00. The molecule has 0 aliphatic carbocycles. The van der Waals surface area contributed by atoms with Gasteiger partial charge in [-0.3, -0.25) is 0 Å². The number of nitrogens with zero attached hydrogens (tertiary/aromatic N) is 2. The largest absolute Gasteiger partial charge is 0.487 e. The average molecular weight is 286 g/mol. The van der Waals surface area contributed by atoms with Crippen LogP contribution in [0.15, 0.2) is 41.6 Å². The van der Waals surface area contributed by atoms with E-state index in [0.717, 1.165) is 16.8 Å². The van der Waals surface area contributed by atoms with Crippen LogP contribution in [0.3, 0.4) is 0 Å². The Labute approximate surface area is 123 Å². The summed E-state index contributed by atoms with van der Waals surface area (Å²) in [5.74, 6) is 1.21. The predicted octanol–water partition coefficient (Wildman–Crippen LogP) is 3.18. The van der Waals surface area contributed by atoms with Crippen LogP contribution in [0.2, 0.25) is 0 Å². The minimum Gasteiger partial charge on any atom is -0.487 e. The van der Waals surface area contributed by atoms with E-state index in [1.54, 1.807) is 20.1 Å². The normalized spacial score (nSPS) is 11.3. The highest BCUT2D eigenvalue weighted by Crippen LogP contribution is 2.22. The van der Waals surface area contributed by atoms with Crippen LogP contribution in [0.1, 0.15) is 23.7 Å². The molecule has 2 rings (SSSR count). The molecule has 0 spiro atoms. The van der Waals surface area contributed by atoms with Crippen molar-refractivity contribution in [2.24, 2.45) is 5.16 Å². The first-order valence-corrected chi connectivity index (χ1v) is 6.56. The predicted molar refractivity (Wildman–Crippen MR) is 80.3 cm³/mol. The molecule has 0 atom stereocenters. The van der Waals surface area contributed by atoms with Crippen molar-refractivity contribution < 1.29 is 14.7 Å². The molecule has 0 bridgehead atoms. The van der Waals surface area contributed by atoms with Gasteiger partial charge < -0.3 is 14.7 Å². The number of aromatic nitrogens is 1. The number of methoxy groups -OCH3 is 1. The maximum atomic E-state index is 8.94. The van der Waals surface area contributed by atoms with E-state index in [-0.39, 0.29) is 0 Å². The maximum Gasteiger partial charge on any atom is 0.213 e. The van der Waals surface area contributed by atoms with Crippen molar-refractivity contribution in [3.05, 3.63) is 53.2 Å². The van der Waals surface area contributed by atoms with E-state index in [2.05, 4.69) is 10.1 Å². The Kier molecular flexibility index (Phi) is 4.77. The van der Waals surface area contributed by atoms with Gasteiger partial charge in [-0.25, -0.2) is 4.98 Å². The van der Waals surface area contributed by atoms with E-state index in [0.29, 0.717) is 23.9 Å². The minimum atomic E-state index is 0.312. The number of benzene rings is 1. The third-order valence-electron chi connectivity index (χ3n) is 3.04. The first-order chi connectivity index (χ1) is 10.1. The molecule has 1 heterocycles. The van der Waals surface area contributed by atoms with Gasteiger partial charge in [-0.05, 0) is 37.6 Å². The van der Waals surface area contributed by atoms with Gasteiger partial charge in [0.2, 0.25) is 5.88 Å². The van der Waals surface area contributed by atoms with Crippen LogP contribution >= 0.6 is 0 Å². The monoisotopic (exact) mass is 286 g/mol. The number of aryl methyl sites for hydroxylation is 1. The molecule has 5 nitrogen and oxygen atoms in total. The fourth-order valence-corrected chi connectivity index (χ4v) is 1.91. The number of hydrogen-bond acceptors (Lipinski definition) is 5. The van der Waals surface area contributed by atoms with Gasteiger partial charge in [-0.1, -0.05) is 17.3 Å². The van der Waals surface area contributed by atoms with E-state index in [4.69, 9.17) is 14.7 Å². The lowest BCUT2D eigenvalue weighted by Crippen LogP contribution is -2.04. The summed E-state index contributed by atoms with van der Waals surface area (Å²) in [5, 5.41) is 12.2. The van der Waals surface area contributed by atoms with Gasteiger partial charge in [-0.15, -0.1) is 0 Å². The Balaban J connectivity index is 2.20. The summed E-state index contributed by atoms with van der Waals surface area (Å²) in [7, 11) is 1.58. The zero-order valence-corrected chi connectivity index (χ0v) is 12.3. The van der Waals surface area contributed by atoms with Crippen molar-refractivity contribution in [3.8, 4) is 11.6 Å². The van der Waals surface area contributed by atoms with E-state index < -0.39 is 0 Å². The van der Waals surface area contributed by atoms with Crippen LogP contribution in [0.5, 0.6) is 11.6 Å². The molecule has 21 heavy (non-hydrogen) atoms. The SMILES string of the molecule is COc1cccc(COc2cc(C)ccc2C(C)=NO)n1. The summed E-state index contributed by atoms with van der Waals surface area (Å²) in [6.07, 6.45) is 0. The summed E-state index contributed by atoms with van der Waals surface area (Å²) < 4.78 is 10.9. The quantitative estimate of drug-likeness (QED) is 0.521. The molecule has 0 unspecified atom stereocenters. The second kappa shape index (κ2) is 6.74. The van der Waals surface area contributed by atoms with Crippen LogP contribution in [-0.4, -0.2) is 23.0 Å². The number of ether oxygens (including phenoxy) is 2. The lowest BCUT2D eigenvalue weighted by Gasteiger charge is -2.12. The standard InChI is InChI=1S/C16H18N2O3/c1-11-7-8-14(12(2)18-19)15(9-11)21-10-13-5-4-6-16(17-13)20-3/h4-9,19H,10H2,1-3H3. The molecule has 5 heteroatoms. The lowest BCUT2D eigenvalue weighted by atomic mass is 10.1. The van der Waals surface area contributed by atoms with Crippen molar-refractivity contribution in [1.82, 2.24) is 4.98 Å². The van der Waals surface area contributed by atoms with Gasteiger partial charge in [0.1, 0.15) is 12.4 Å². The molecule has 1 aromatic heterocycles. The molecule has 0 amide bonds. The minimum absolute atomic E-state index is 0.312. The van der Waals surface area contributed by atoms with Crippen molar-refractivity contribution in [3.63, 3.8) is 0 Å². The molecule has 0 saturated heterocycles. The molecule has 1 N–H and O–H groups in total. The van der Waals surface area contributed by atoms with Crippen LogP contribution in [-0.2, 0) is 6.61 Å². The summed E-state index contributed by atoms with van der Waals surface area (Å²) in [6.45, 7) is 4.01. The maximum absolute atomic E-state index is 8.94. The van der Waals surface area contributed by atoms with E-state index in [1.807, 2.05) is 37.3 Å². The fraction of sp³-hybridized carbons (Fsp3) is 0.250. The molecule has 110 valence electrons. The summed E-state index contributed by atoms with van der Waals surface area (Å²) in [4.78, 5) is 4.30. The molecule has 0 aliphatic heterocycles. The molecule has 0 radical (unpaired) electrons. The van der Waals surface area contributed by atoms with Crippen LogP contribution in [0.4, 0.5) is 0 Å². The second-order valence-electron chi connectivity index (χ2n) is 4.64. The molecular formula is C16H18N2O3. The first-order valence-electron chi connectivity index (χ1n) is 6.56. The Morgan fingerprint density at radius 1 is 1.29 bits per heavy atom. The van der Waals surface area contributed by atoms with E-state index in [9.17, 15) is 0 Å². The number of rotatable bonds is 5. The van der Waals surface area contributed by atoms with Crippen LogP contribution < -0.4 is 9.47 Å². The van der Waals surface area contributed by atoms with Gasteiger partial charge in [0.05, 0.1) is 18.5 Å². The second-order valence-corrected chi connectivity index (χ2v) is 4.64. The summed E-state index contributed by atoms with van der Waals surface area (Å²) in [5.41, 5.74) is 3.09. The smallest absolute Gasteiger partial charge is 0.213 e. The summed E-state index contributed by atoms with van der Waals surface area (Å²) in [6, 6.07) is 11.2. The topological polar surface area (TPSA) is 63.9 Å². The molecule has 0 aliphatic rings. The van der Waals surface area contributed by atoms with Gasteiger partial charge in [0.15, 0.2) is 0 Å². The Morgan fingerprint density at radius 3 is 2.81 bits per heavy atom. The van der Waals surface area contributed by atoms with Gasteiger partial charge in [0, 0.05) is 11.6 Å². The average Bonchev–Trinajstić information content (AvgIpc) is 2.52. The molecule has 2 aromatic rings. The fourth-order valence-electron chi connectivity index (χ4n) is 1.91. The van der Waals surface area contributed by atoms with Crippen LogP contribution in [0, 0.1) is 6.92 Å². The summed E-state index contributed by atoms with van der Waals surface area (Å²) >= 11 is 0. The zero-order chi connectivity index (χ0) is 15.2. The third-order valence-corrected chi connectivity index (χ3v) is 3.04. The number of oxime groups is 1. The third kappa shape index (κ3) is 3.72. The number of pyridine rings is 1. The zero-order valence-electron chi connectivity index (χ0n) is 12.3. The highest BCUT2D eigenvalue weighted by atomic mass is 16.5. The van der Waals surface area contributed by atoms with Crippen molar-refractivity contribution in [2.45, 2.75) is 20.5 Å². The lowest BCUT2D eigenvalue weighted by molar-refractivity contribution is 0.296. The molecule has 1 aromatic carbocycles. The van der Waals surface area contributed by atoms with Crippen molar-refractivity contribution in [1.29, 1.82) is 0 Å². The van der Waals surface area contributed by atoms with Gasteiger partial charge in [0.25, 0.3) is 0 Å². The molecular weight excluding hydrogens is 268 g/mol. The van der Waals surface area contributed by atoms with Crippen LogP contribution in [0.25, 0.3) is 0 Å². The van der Waals surface area contributed by atoms with Crippen molar-refractivity contribution in [2.75, 3.05) is 7.11 Å².